The summed E-state index contributed by atoms with van der Waals surface area (Å²) < 4.78 is 5.02. The van der Waals surface area contributed by atoms with Crippen molar-refractivity contribution < 1.29 is 4.79 Å². The highest BCUT2D eigenvalue weighted by Crippen LogP contribution is 2.39. The minimum atomic E-state index is 0.0549. The van der Waals surface area contributed by atoms with Gasteiger partial charge in [-0.3, -0.25) is 19.2 Å². The smallest absolute Gasteiger partial charge is 0.234 e. The molecule has 0 radical (unpaired) electrons. The van der Waals surface area contributed by atoms with Gasteiger partial charge in [-0.25, -0.2) is 4.68 Å². The molecule has 1 saturated carbocycles. The topological polar surface area (TPSA) is 58.3 Å². The monoisotopic (exact) mass is 418 g/mol. The Kier molecular flexibility index (Phi) is 6.05. The summed E-state index contributed by atoms with van der Waals surface area (Å²) in [5.41, 5.74) is 0. The lowest BCUT2D eigenvalue weighted by Gasteiger charge is -2.33. The van der Waals surface area contributed by atoms with E-state index in [-0.39, 0.29) is 5.91 Å². The van der Waals surface area contributed by atoms with Gasteiger partial charge < -0.3 is 5.32 Å². The molecule has 7 nitrogen and oxygen atoms in total. The van der Waals surface area contributed by atoms with Crippen molar-refractivity contribution >= 4 is 29.5 Å². The van der Waals surface area contributed by atoms with Crippen LogP contribution in [0.5, 0.6) is 0 Å². The van der Waals surface area contributed by atoms with Crippen LogP contribution >= 0.6 is 23.6 Å². The quantitative estimate of drug-likeness (QED) is 0.527. The van der Waals surface area contributed by atoms with Crippen LogP contribution in [0.1, 0.15) is 18.9 Å². The fourth-order valence-corrected chi connectivity index (χ4v) is 4.51. The molecule has 1 N–H and O–H groups in total. The van der Waals surface area contributed by atoms with Gasteiger partial charge in [-0.2, -0.15) is 0 Å². The summed E-state index contributed by atoms with van der Waals surface area (Å²) in [6, 6.07) is 4.68. The molecule has 0 bridgehead atoms. The second-order valence-corrected chi connectivity index (χ2v) is 8.63. The van der Waals surface area contributed by atoms with E-state index in [2.05, 4.69) is 43.8 Å². The van der Waals surface area contributed by atoms with Gasteiger partial charge in [0.25, 0.3) is 0 Å². The van der Waals surface area contributed by atoms with E-state index in [1.165, 1.54) is 17.7 Å². The largest absolute Gasteiger partial charge is 0.352 e. The number of thiophene rings is 1. The molecule has 1 saturated heterocycles. The molecule has 4 rings (SSSR count). The van der Waals surface area contributed by atoms with Gasteiger partial charge in [0.05, 0.1) is 18.1 Å². The minimum absolute atomic E-state index is 0.0549. The summed E-state index contributed by atoms with van der Waals surface area (Å²) in [4.78, 5) is 17.6. The second-order valence-electron chi connectivity index (χ2n) is 7.31. The maximum Gasteiger partial charge on any atom is 0.234 e. The van der Waals surface area contributed by atoms with E-state index >= 15 is 0 Å². The van der Waals surface area contributed by atoms with E-state index in [4.69, 9.17) is 17.3 Å². The Morgan fingerprint density at radius 2 is 2.07 bits per heavy atom. The number of nitrogens with one attached hydrogen (secondary N) is 1. The van der Waals surface area contributed by atoms with Gasteiger partial charge in [0.15, 0.2) is 10.6 Å². The fraction of sp³-hybridized carbons (Fsp3) is 0.526. The van der Waals surface area contributed by atoms with Crippen molar-refractivity contribution in [3.05, 3.63) is 34.9 Å². The second kappa shape index (κ2) is 8.69. The Morgan fingerprint density at radius 1 is 1.32 bits per heavy atom. The number of hydrogen-bond acceptors (Lipinski definition) is 6. The van der Waals surface area contributed by atoms with Gasteiger partial charge in [0.1, 0.15) is 0 Å². The molecule has 150 valence electrons. The molecule has 0 atom stereocenters. The summed E-state index contributed by atoms with van der Waals surface area (Å²) >= 11 is 7.47. The predicted molar refractivity (Wildman–Crippen MR) is 114 cm³/mol. The molecule has 1 aliphatic carbocycles. The molecular formula is C19H26N6OS2. The molecular weight excluding hydrogens is 392 g/mol. The van der Waals surface area contributed by atoms with E-state index in [1.807, 2.05) is 4.68 Å². The average Bonchev–Trinajstić information content (AvgIpc) is 3.27. The highest BCUT2D eigenvalue weighted by molar-refractivity contribution is 7.71. The van der Waals surface area contributed by atoms with Crippen molar-refractivity contribution in [2.45, 2.75) is 25.6 Å². The van der Waals surface area contributed by atoms with Crippen LogP contribution in [0.3, 0.4) is 0 Å². The summed E-state index contributed by atoms with van der Waals surface area (Å²) in [5.74, 6) is 1.05. The Hall–Kier alpha value is -1.81. The SMILES string of the molecule is C=CCNC(=O)CN1CCN(Cn2nc(-c3cccs3)n(C3CC3)c2=S)CC1. The summed E-state index contributed by atoms with van der Waals surface area (Å²) in [6.07, 6.45) is 4.07. The van der Waals surface area contributed by atoms with E-state index in [0.717, 1.165) is 36.8 Å². The zero-order valence-electron chi connectivity index (χ0n) is 15.9. The maximum atomic E-state index is 11.9. The predicted octanol–water partition coefficient (Wildman–Crippen LogP) is 2.35. The van der Waals surface area contributed by atoms with Gasteiger partial charge in [-0.1, -0.05) is 12.1 Å². The number of rotatable bonds is 8. The lowest BCUT2D eigenvalue weighted by atomic mass is 10.3. The third-order valence-corrected chi connectivity index (χ3v) is 6.41. The lowest BCUT2D eigenvalue weighted by Crippen LogP contribution is -2.49. The molecule has 0 aromatic carbocycles. The number of nitrogens with zero attached hydrogens (tertiary/aromatic N) is 5. The first-order valence-electron chi connectivity index (χ1n) is 9.71. The minimum Gasteiger partial charge on any atom is -0.352 e. The van der Waals surface area contributed by atoms with Gasteiger partial charge in [-0.15, -0.1) is 23.0 Å². The summed E-state index contributed by atoms with van der Waals surface area (Å²) in [5, 5.41) is 9.78. The molecule has 9 heteroatoms. The van der Waals surface area contributed by atoms with Crippen molar-refractivity contribution in [1.82, 2.24) is 29.5 Å². The summed E-state index contributed by atoms with van der Waals surface area (Å²) in [7, 11) is 0. The van der Waals surface area contributed by atoms with Crippen molar-refractivity contribution in [1.29, 1.82) is 0 Å². The van der Waals surface area contributed by atoms with Crippen LogP contribution in [0.15, 0.2) is 30.2 Å². The van der Waals surface area contributed by atoms with Crippen LogP contribution in [0, 0.1) is 4.77 Å². The average molecular weight is 419 g/mol. The molecule has 1 amide bonds. The molecule has 2 aromatic heterocycles. The van der Waals surface area contributed by atoms with Crippen LogP contribution in [-0.2, 0) is 11.5 Å². The van der Waals surface area contributed by atoms with Gasteiger partial charge in [-0.05, 0) is 36.5 Å². The normalized spacial score (nSPS) is 18.3. The molecule has 3 heterocycles. The molecule has 2 aliphatic rings. The zero-order chi connectivity index (χ0) is 19.5. The highest BCUT2D eigenvalue weighted by atomic mass is 32.1. The van der Waals surface area contributed by atoms with E-state index in [9.17, 15) is 4.79 Å². The third kappa shape index (κ3) is 4.43. The van der Waals surface area contributed by atoms with Gasteiger partial charge in [0, 0.05) is 38.8 Å². The number of hydrogen-bond donors (Lipinski definition) is 1. The van der Waals surface area contributed by atoms with Crippen LogP contribution in [0.4, 0.5) is 0 Å². The fourth-order valence-electron chi connectivity index (χ4n) is 3.47. The first-order valence-corrected chi connectivity index (χ1v) is 11.0. The number of carbonyl (C=O) groups excluding carboxylic acids is 1. The standard InChI is InChI=1S/C19H26N6OS2/c1-2-7-20-17(26)13-22-8-10-23(11-9-22)14-24-19(27)25(15-5-6-15)18(21-24)16-4-3-12-28-16/h2-4,12,15H,1,5-11,13-14H2,(H,20,26). The van der Waals surface area contributed by atoms with E-state index in [1.54, 1.807) is 17.4 Å². The van der Waals surface area contributed by atoms with E-state index in [0.29, 0.717) is 25.8 Å². The van der Waals surface area contributed by atoms with Crippen molar-refractivity contribution in [3.8, 4) is 10.7 Å². The number of piperazine rings is 1. The number of carbonyl (C=O) groups is 1. The Bertz CT molecular complexity index is 875. The third-order valence-electron chi connectivity index (χ3n) is 5.13. The van der Waals surface area contributed by atoms with Crippen molar-refractivity contribution in [2.75, 3.05) is 39.3 Å². The molecule has 0 spiro atoms. The van der Waals surface area contributed by atoms with Crippen LogP contribution in [0.2, 0.25) is 0 Å². The van der Waals surface area contributed by atoms with E-state index < -0.39 is 0 Å². The molecule has 28 heavy (non-hydrogen) atoms. The molecule has 1 aliphatic heterocycles. The maximum absolute atomic E-state index is 11.9. The Morgan fingerprint density at radius 3 is 2.71 bits per heavy atom. The summed E-state index contributed by atoms with van der Waals surface area (Å²) in [6.45, 7) is 8.84. The van der Waals surface area contributed by atoms with Crippen LogP contribution in [-0.4, -0.2) is 69.3 Å². The van der Waals surface area contributed by atoms with Crippen molar-refractivity contribution in [2.24, 2.45) is 0 Å². The highest BCUT2D eigenvalue weighted by Gasteiger charge is 2.30. The molecule has 2 aromatic rings. The molecule has 0 unspecified atom stereocenters. The Balaban J connectivity index is 1.38. The molecule has 2 fully saturated rings. The lowest BCUT2D eigenvalue weighted by molar-refractivity contribution is -0.122. The van der Waals surface area contributed by atoms with Crippen LogP contribution in [0.25, 0.3) is 10.7 Å². The van der Waals surface area contributed by atoms with Gasteiger partial charge >= 0.3 is 0 Å². The zero-order valence-corrected chi connectivity index (χ0v) is 17.6. The van der Waals surface area contributed by atoms with Crippen LogP contribution < -0.4 is 5.32 Å². The van der Waals surface area contributed by atoms with Crippen molar-refractivity contribution in [3.63, 3.8) is 0 Å². The first-order chi connectivity index (χ1) is 13.7. The first kappa shape index (κ1) is 19.5. The number of aromatic nitrogens is 3. The Labute approximate surface area is 174 Å². The number of amides is 1. The van der Waals surface area contributed by atoms with Gasteiger partial charge in [0.2, 0.25) is 5.91 Å².